The van der Waals surface area contributed by atoms with Crippen LogP contribution in [0.4, 0.5) is 8.78 Å². The molecule has 0 aliphatic heterocycles. The molecule has 0 spiro atoms. The number of nitrogens with zero attached hydrogens (tertiary/aromatic N) is 1. The van der Waals surface area contributed by atoms with Gasteiger partial charge in [0.25, 0.3) is 0 Å². The molecule has 0 radical (unpaired) electrons. The monoisotopic (exact) mass is 212 g/mol. The fourth-order valence-corrected chi connectivity index (χ4v) is 1.49. The summed E-state index contributed by atoms with van der Waals surface area (Å²) in [6.45, 7) is 0. The summed E-state index contributed by atoms with van der Waals surface area (Å²) in [5.74, 6) is -2.06. The van der Waals surface area contributed by atoms with Crippen molar-refractivity contribution >= 4 is 22.5 Å². The highest BCUT2D eigenvalue weighted by Crippen LogP contribution is 2.28. The zero-order chi connectivity index (χ0) is 10.3. The number of aromatic amines is 1. The molecule has 0 unspecified atom stereocenters. The number of fused-ring (bicyclic) bond motifs is 1. The molecule has 1 aromatic carbocycles. The molecule has 0 saturated carbocycles. The summed E-state index contributed by atoms with van der Waals surface area (Å²) in [5, 5.41) is 8.94. The lowest BCUT2D eigenvalue weighted by Crippen LogP contribution is -1.85. The van der Waals surface area contributed by atoms with Crippen molar-refractivity contribution in [2.24, 2.45) is 0 Å². The highest BCUT2D eigenvalue weighted by Gasteiger charge is 2.13. The minimum absolute atomic E-state index is 0.0773. The van der Waals surface area contributed by atoms with E-state index in [9.17, 15) is 8.78 Å². The molecule has 0 saturated heterocycles. The number of H-pyrrole nitrogens is 1. The van der Waals surface area contributed by atoms with E-state index in [-0.39, 0.29) is 16.2 Å². The van der Waals surface area contributed by atoms with Crippen LogP contribution in [0.25, 0.3) is 10.9 Å². The highest BCUT2D eigenvalue weighted by molar-refractivity contribution is 6.35. The average Bonchev–Trinajstić information content (AvgIpc) is 2.58. The van der Waals surface area contributed by atoms with Crippen LogP contribution in [-0.2, 0) is 0 Å². The van der Waals surface area contributed by atoms with Gasteiger partial charge in [0.15, 0.2) is 11.6 Å². The van der Waals surface area contributed by atoms with Gasteiger partial charge in [0.2, 0.25) is 0 Å². The fraction of sp³-hybridized carbons (Fsp3) is 0. The molecule has 1 heterocycles. The van der Waals surface area contributed by atoms with Gasteiger partial charge in [-0.3, -0.25) is 0 Å². The summed E-state index contributed by atoms with van der Waals surface area (Å²) < 4.78 is 26.0. The van der Waals surface area contributed by atoms with E-state index in [1.54, 1.807) is 6.07 Å². The quantitative estimate of drug-likeness (QED) is 0.670. The molecule has 2 rings (SSSR count). The Kier molecular flexibility index (Phi) is 1.90. The van der Waals surface area contributed by atoms with Crippen molar-refractivity contribution in [2.75, 3.05) is 0 Å². The topological polar surface area (TPSA) is 39.6 Å². The van der Waals surface area contributed by atoms with E-state index in [1.165, 1.54) is 6.07 Å². The van der Waals surface area contributed by atoms with Crippen LogP contribution in [0, 0.1) is 23.0 Å². The fourth-order valence-electron chi connectivity index (χ4n) is 1.25. The zero-order valence-electron chi connectivity index (χ0n) is 6.74. The van der Waals surface area contributed by atoms with Crippen LogP contribution < -0.4 is 0 Å². The molecule has 1 N–H and O–H groups in total. The number of nitrogens with one attached hydrogen (secondary N) is 1. The SMILES string of the molecule is N#Cc1cc2c(Cl)cc(F)c(F)c2[nH]1. The predicted molar refractivity (Wildman–Crippen MR) is 47.9 cm³/mol. The van der Waals surface area contributed by atoms with E-state index in [0.29, 0.717) is 5.39 Å². The van der Waals surface area contributed by atoms with Gasteiger partial charge in [0, 0.05) is 5.39 Å². The first-order chi connectivity index (χ1) is 6.63. The van der Waals surface area contributed by atoms with Crippen LogP contribution in [0.1, 0.15) is 5.69 Å². The number of hydrogen-bond donors (Lipinski definition) is 1. The van der Waals surface area contributed by atoms with Gasteiger partial charge in [0.1, 0.15) is 11.8 Å². The van der Waals surface area contributed by atoms with Gasteiger partial charge < -0.3 is 4.98 Å². The van der Waals surface area contributed by atoms with Gasteiger partial charge in [0.05, 0.1) is 10.5 Å². The Hall–Kier alpha value is -1.60. The van der Waals surface area contributed by atoms with E-state index < -0.39 is 11.6 Å². The van der Waals surface area contributed by atoms with Crippen LogP contribution in [0.2, 0.25) is 5.02 Å². The van der Waals surface area contributed by atoms with Crippen molar-refractivity contribution in [3.8, 4) is 6.07 Å². The molecule has 0 aliphatic rings. The average molecular weight is 213 g/mol. The van der Waals surface area contributed by atoms with Crippen LogP contribution >= 0.6 is 11.6 Å². The van der Waals surface area contributed by atoms with Crippen LogP contribution in [-0.4, -0.2) is 4.98 Å². The Balaban J connectivity index is 2.93. The standard InChI is InChI=1S/C9H3ClF2N2/c10-6-2-7(11)8(12)9-5(6)1-4(3-13)14-9/h1-2,14H. The number of hydrogen-bond acceptors (Lipinski definition) is 1. The summed E-state index contributed by atoms with van der Waals surface area (Å²) in [7, 11) is 0. The molecule has 0 atom stereocenters. The Bertz CT molecular complexity index is 554. The molecular weight excluding hydrogens is 210 g/mol. The van der Waals surface area contributed by atoms with Gasteiger partial charge in [-0.05, 0) is 12.1 Å². The van der Waals surface area contributed by atoms with E-state index in [0.717, 1.165) is 6.07 Å². The molecule has 0 bridgehead atoms. The molecule has 70 valence electrons. The number of rotatable bonds is 0. The third-order valence-electron chi connectivity index (χ3n) is 1.88. The Morgan fingerprint density at radius 2 is 2.07 bits per heavy atom. The van der Waals surface area contributed by atoms with Gasteiger partial charge in [-0.2, -0.15) is 5.26 Å². The molecule has 1 aromatic heterocycles. The highest BCUT2D eigenvalue weighted by atomic mass is 35.5. The van der Waals surface area contributed by atoms with E-state index in [4.69, 9.17) is 16.9 Å². The van der Waals surface area contributed by atoms with Crippen molar-refractivity contribution in [1.82, 2.24) is 4.98 Å². The Morgan fingerprint density at radius 3 is 2.71 bits per heavy atom. The maximum Gasteiger partial charge on any atom is 0.182 e. The second-order valence-corrected chi connectivity index (χ2v) is 3.14. The van der Waals surface area contributed by atoms with E-state index in [2.05, 4.69) is 4.98 Å². The van der Waals surface area contributed by atoms with E-state index in [1.807, 2.05) is 0 Å². The number of aromatic nitrogens is 1. The molecule has 14 heavy (non-hydrogen) atoms. The molecule has 0 aliphatic carbocycles. The first-order valence-electron chi connectivity index (χ1n) is 3.70. The van der Waals surface area contributed by atoms with Crippen molar-refractivity contribution in [1.29, 1.82) is 5.26 Å². The van der Waals surface area contributed by atoms with Crippen molar-refractivity contribution in [3.05, 3.63) is 34.5 Å². The summed E-state index contributed by atoms with van der Waals surface area (Å²) in [4.78, 5) is 2.43. The van der Waals surface area contributed by atoms with Gasteiger partial charge in [-0.1, -0.05) is 11.6 Å². The maximum atomic E-state index is 13.2. The minimum atomic E-state index is -1.03. The molecular formula is C9H3ClF2N2. The smallest absolute Gasteiger partial charge is 0.182 e. The molecule has 2 aromatic rings. The maximum absolute atomic E-state index is 13.2. The molecule has 2 nitrogen and oxygen atoms in total. The number of benzene rings is 1. The van der Waals surface area contributed by atoms with Gasteiger partial charge in [-0.15, -0.1) is 0 Å². The first-order valence-corrected chi connectivity index (χ1v) is 4.07. The van der Waals surface area contributed by atoms with Crippen LogP contribution in [0.5, 0.6) is 0 Å². The second kappa shape index (κ2) is 2.96. The number of nitriles is 1. The van der Waals surface area contributed by atoms with Gasteiger partial charge in [-0.25, -0.2) is 8.78 Å². The molecule has 0 fully saturated rings. The third-order valence-corrected chi connectivity index (χ3v) is 2.19. The summed E-state index contributed by atoms with van der Waals surface area (Å²) in [6.07, 6.45) is 0. The van der Waals surface area contributed by atoms with Crippen molar-refractivity contribution in [3.63, 3.8) is 0 Å². The Labute approximate surface area is 82.7 Å². The van der Waals surface area contributed by atoms with Crippen LogP contribution in [0.3, 0.4) is 0 Å². The third kappa shape index (κ3) is 1.14. The molecule has 0 amide bonds. The summed E-state index contributed by atoms with van der Waals surface area (Å²) in [5.41, 5.74) is 0.0675. The minimum Gasteiger partial charge on any atom is -0.344 e. The second-order valence-electron chi connectivity index (χ2n) is 2.74. The Morgan fingerprint density at radius 1 is 1.36 bits per heavy atom. The lowest BCUT2D eigenvalue weighted by Gasteiger charge is -1.96. The van der Waals surface area contributed by atoms with Gasteiger partial charge >= 0.3 is 0 Å². The lowest BCUT2D eigenvalue weighted by atomic mass is 10.2. The van der Waals surface area contributed by atoms with Crippen molar-refractivity contribution in [2.45, 2.75) is 0 Å². The summed E-state index contributed by atoms with van der Waals surface area (Å²) in [6, 6.07) is 4.05. The van der Waals surface area contributed by atoms with Crippen LogP contribution in [0.15, 0.2) is 12.1 Å². The largest absolute Gasteiger partial charge is 0.344 e. The zero-order valence-corrected chi connectivity index (χ0v) is 7.49. The molecule has 5 heteroatoms. The predicted octanol–water partition coefficient (Wildman–Crippen LogP) is 2.97. The first kappa shape index (κ1) is 8.97. The normalized spacial score (nSPS) is 10.4. The number of halogens is 3. The lowest BCUT2D eigenvalue weighted by molar-refractivity contribution is 0.515. The summed E-state index contributed by atoms with van der Waals surface area (Å²) >= 11 is 5.67. The van der Waals surface area contributed by atoms with E-state index >= 15 is 0 Å². The van der Waals surface area contributed by atoms with Crippen molar-refractivity contribution < 1.29 is 8.78 Å².